The van der Waals surface area contributed by atoms with Crippen LogP contribution < -0.4 is 16.4 Å². The fourth-order valence-corrected chi connectivity index (χ4v) is 6.13. The van der Waals surface area contributed by atoms with Crippen molar-refractivity contribution in [2.24, 2.45) is 17.6 Å². The van der Waals surface area contributed by atoms with Crippen molar-refractivity contribution in [1.82, 2.24) is 20.4 Å². The lowest BCUT2D eigenvalue weighted by atomic mass is 10.1. The van der Waals surface area contributed by atoms with Gasteiger partial charge in [0.2, 0.25) is 23.6 Å². The fourth-order valence-electron chi connectivity index (χ4n) is 4.71. The normalized spacial score (nSPS) is 23.1. The van der Waals surface area contributed by atoms with Crippen LogP contribution in [-0.2, 0) is 23.6 Å². The predicted molar refractivity (Wildman–Crippen MR) is 145 cm³/mol. The van der Waals surface area contributed by atoms with Gasteiger partial charge < -0.3 is 40.8 Å². The zero-order valence-corrected chi connectivity index (χ0v) is 25.0. The number of aliphatic hydroxyl groups excluding tert-OH is 1. The van der Waals surface area contributed by atoms with Gasteiger partial charge in [-0.25, -0.2) is 4.79 Å². The Morgan fingerprint density at radius 2 is 1.49 bits per heavy atom. The Kier molecular flexibility index (Phi) is 10.5. The van der Waals surface area contributed by atoms with E-state index in [0.29, 0.717) is 25.9 Å². The van der Waals surface area contributed by atoms with Gasteiger partial charge in [-0.05, 0) is 44.8 Å². The van der Waals surface area contributed by atoms with E-state index in [4.69, 9.17) is 10.2 Å². The van der Waals surface area contributed by atoms with Gasteiger partial charge in [0.25, 0.3) is 0 Å². The molecule has 0 aliphatic carbocycles. The van der Waals surface area contributed by atoms with Crippen LogP contribution in [0, 0.1) is 11.8 Å². The van der Waals surface area contributed by atoms with Crippen LogP contribution in [0.5, 0.6) is 0 Å². The van der Waals surface area contributed by atoms with E-state index >= 15 is 0 Å². The molecule has 0 unspecified atom stereocenters. The molecule has 0 saturated carbocycles. The molecule has 2 rings (SSSR count). The number of amides is 5. The van der Waals surface area contributed by atoms with Crippen LogP contribution in [-0.4, -0.2) is 109 Å². The smallest absolute Gasteiger partial charge is 0.405 e. The Morgan fingerprint density at radius 3 is 2.00 bits per heavy atom. The summed E-state index contributed by atoms with van der Waals surface area (Å²) in [5, 5.41) is 23.7. The molecule has 0 aromatic carbocycles. The first-order valence-electron chi connectivity index (χ1n) is 13.4. The number of nitrogens with two attached hydrogens (primary N) is 1. The average molecular weight is 572 g/mol. The molecule has 13 nitrogen and oxygen atoms in total. The van der Waals surface area contributed by atoms with Gasteiger partial charge in [-0.1, -0.05) is 20.8 Å². The Balaban J connectivity index is 2.01. The van der Waals surface area contributed by atoms with Gasteiger partial charge in [-0.15, -0.1) is 0 Å². The van der Waals surface area contributed by atoms with Crippen LogP contribution in [0.2, 0.25) is 18.1 Å². The Morgan fingerprint density at radius 1 is 0.949 bits per heavy atom. The van der Waals surface area contributed by atoms with Crippen molar-refractivity contribution < 1.29 is 38.6 Å². The number of nitrogens with one attached hydrogen (secondary N) is 2. The maximum Gasteiger partial charge on any atom is 0.405 e. The third-order valence-electron chi connectivity index (χ3n) is 8.11. The number of hydrogen-bond acceptors (Lipinski definition) is 7. The number of primary amides is 1. The molecule has 222 valence electrons. The Labute approximate surface area is 230 Å². The van der Waals surface area contributed by atoms with Gasteiger partial charge in [0, 0.05) is 26.2 Å². The zero-order chi connectivity index (χ0) is 29.9. The molecule has 14 heteroatoms. The molecule has 5 amide bonds. The highest BCUT2D eigenvalue weighted by Gasteiger charge is 2.44. The lowest BCUT2D eigenvalue weighted by Crippen LogP contribution is -2.57. The second-order valence-electron chi connectivity index (χ2n) is 12.2. The summed E-state index contributed by atoms with van der Waals surface area (Å²) in [6.07, 6.45) is -2.37. The van der Waals surface area contributed by atoms with Crippen LogP contribution >= 0.6 is 0 Å². The van der Waals surface area contributed by atoms with Crippen molar-refractivity contribution >= 4 is 38.0 Å². The van der Waals surface area contributed by atoms with Crippen LogP contribution in [0.1, 0.15) is 47.5 Å². The summed E-state index contributed by atoms with van der Waals surface area (Å²) in [7, 11) is -2.29. The maximum absolute atomic E-state index is 13.4. The van der Waals surface area contributed by atoms with Crippen LogP contribution in [0.4, 0.5) is 4.79 Å². The summed E-state index contributed by atoms with van der Waals surface area (Å²) < 4.78 is 6.30. The number of carbonyl (C=O) groups excluding carboxylic acids is 4. The molecule has 6 N–H and O–H groups in total. The minimum Gasteiger partial charge on any atom is -0.465 e. The van der Waals surface area contributed by atoms with Gasteiger partial charge in [0.1, 0.15) is 12.1 Å². The van der Waals surface area contributed by atoms with Crippen molar-refractivity contribution in [3.63, 3.8) is 0 Å². The largest absolute Gasteiger partial charge is 0.465 e. The lowest BCUT2D eigenvalue weighted by Gasteiger charge is -2.40. The van der Waals surface area contributed by atoms with Gasteiger partial charge in [-0.3, -0.25) is 19.2 Å². The van der Waals surface area contributed by atoms with E-state index in [1.54, 1.807) is 11.8 Å². The monoisotopic (exact) mass is 571 g/mol. The van der Waals surface area contributed by atoms with Crippen molar-refractivity contribution in [1.29, 1.82) is 0 Å². The molecular weight excluding hydrogens is 526 g/mol. The van der Waals surface area contributed by atoms with Gasteiger partial charge in [0.15, 0.2) is 8.32 Å². The molecule has 2 saturated heterocycles. The van der Waals surface area contributed by atoms with Gasteiger partial charge in [-0.2, -0.15) is 0 Å². The number of carbonyl (C=O) groups is 5. The third kappa shape index (κ3) is 8.14. The summed E-state index contributed by atoms with van der Waals surface area (Å²) in [5.74, 6) is -2.96. The highest BCUT2D eigenvalue weighted by Crippen LogP contribution is 2.37. The van der Waals surface area contributed by atoms with Gasteiger partial charge >= 0.3 is 6.09 Å². The molecule has 0 aromatic heterocycles. The van der Waals surface area contributed by atoms with Gasteiger partial charge in [0.05, 0.1) is 24.0 Å². The average Bonchev–Trinajstić information content (AvgIpc) is 3.48. The standard InChI is InChI=1S/C25H45N5O8Si/c1-14(31)18(20(26)32)27-21(33)16-8-10-29(12-16)22(34)17-9-11-30(13-17)23(35)19(28-24(36)37)15(2)38-39(6,7)25(3,4)5/h14-19,28,31H,8-13H2,1-7H3,(H2,26,32)(H,27,33)(H,36,37)/t14-,15-,16-,17-,18+,19+/m1/s1. The number of likely N-dealkylation sites (tertiary alicyclic amines) is 2. The van der Waals surface area contributed by atoms with Crippen molar-refractivity contribution in [3.8, 4) is 0 Å². The summed E-state index contributed by atoms with van der Waals surface area (Å²) in [6.45, 7) is 14.2. The molecule has 2 aliphatic rings. The molecule has 39 heavy (non-hydrogen) atoms. The fraction of sp³-hybridized carbons (Fsp3) is 0.800. The number of hydrogen-bond donors (Lipinski definition) is 5. The van der Waals surface area contributed by atoms with E-state index < -0.39 is 68.3 Å². The van der Waals surface area contributed by atoms with E-state index in [1.807, 2.05) is 13.1 Å². The molecule has 0 radical (unpaired) electrons. The molecule has 0 aromatic rings. The van der Waals surface area contributed by atoms with Crippen LogP contribution in [0.3, 0.4) is 0 Å². The predicted octanol–water partition coefficient (Wildman–Crippen LogP) is 0.0808. The van der Waals surface area contributed by atoms with E-state index in [0.717, 1.165) is 0 Å². The Bertz CT molecular complexity index is 953. The van der Waals surface area contributed by atoms with E-state index in [9.17, 15) is 34.2 Å². The molecule has 2 aliphatic heterocycles. The topological polar surface area (TPSA) is 192 Å². The number of aliphatic hydroxyl groups is 1. The summed E-state index contributed by atoms with van der Waals surface area (Å²) in [4.78, 5) is 65.3. The van der Waals surface area contributed by atoms with Crippen LogP contribution in [0.25, 0.3) is 0 Å². The highest BCUT2D eigenvalue weighted by atomic mass is 28.4. The summed E-state index contributed by atoms with van der Waals surface area (Å²) >= 11 is 0. The number of rotatable bonds is 10. The number of nitrogens with zero attached hydrogens (tertiary/aromatic N) is 2. The molecule has 2 heterocycles. The quantitative estimate of drug-likeness (QED) is 0.228. The lowest BCUT2D eigenvalue weighted by molar-refractivity contribution is -0.136. The van der Waals surface area contributed by atoms with Crippen molar-refractivity contribution in [2.75, 3.05) is 26.2 Å². The van der Waals surface area contributed by atoms with E-state index in [1.165, 1.54) is 11.8 Å². The second kappa shape index (κ2) is 12.6. The number of carboxylic acid groups (broad SMARTS) is 1. The van der Waals surface area contributed by atoms with Crippen LogP contribution in [0.15, 0.2) is 0 Å². The molecule has 0 bridgehead atoms. The molecular formula is C25H45N5O8Si. The second-order valence-corrected chi connectivity index (χ2v) is 16.9. The van der Waals surface area contributed by atoms with E-state index in [2.05, 4.69) is 31.4 Å². The first kappa shape index (κ1) is 32.5. The summed E-state index contributed by atoms with van der Waals surface area (Å²) in [6, 6.07) is -2.33. The van der Waals surface area contributed by atoms with Crippen molar-refractivity contribution in [2.45, 2.75) is 89.9 Å². The zero-order valence-electron chi connectivity index (χ0n) is 24.0. The minimum atomic E-state index is -2.29. The van der Waals surface area contributed by atoms with Crippen molar-refractivity contribution in [3.05, 3.63) is 0 Å². The molecule has 6 atom stereocenters. The summed E-state index contributed by atoms with van der Waals surface area (Å²) in [5.41, 5.74) is 5.24. The first-order valence-corrected chi connectivity index (χ1v) is 16.3. The highest BCUT2D eigenvalue weighted by molar-refractivity contribution is 6.74. The van der Waals surface area contributed by atoms with E-state index in [-0.39, 0.29) is 24.0 Å². The SMILES string of the molecule is C[C@@H](O)[C@H](NC(=O)[C@@H]1CCN(C(=O)[C@@H]2CCN(C(=O)[C@@H](NC(=O)O)[C@@H](C)O[Si](C)(C)C(C)(C)C)C2)C1)C(N)=O. The molecule has 2 fully saturated rings. The minimum absolute atomic E-state index is 0.134. The first-order chi connectivity index (χ1) is 17.9. The third-order valence-corrected chi connectivity index (χ3v) is 12.7. The Hall–Kier alpha value is -2.71. The molecule has 0 spiro atoms. The maximum atomic E-state index is 13.4.